The van der Waals surface area contributed by atoms with E-state index >= 15 is 0 Å². The Labute approximate surface area is 116 Å². The molecule has 0 spiro atoms. The van der Waals surface area contributed by atoms with E-state index in [1.807, 2.05) is 6.07 Å². The summed E-state index contributed by atoms with van der Waals surface area (Å²) in [6, 6.07) is 6.82. The van der Waals surface area contributed by atoms with Gasteiger partial charge in [-0.1, -0.05) is 45.4 Å². The maximum Gasteiger partial charge on any atom is 0.0408 e. The van der Waals surface area contributed by atoms with Crippen LogP contribution < -0.4 is 5.32 Å². The highest BCUT2D eigenvalue weighted by molar-refractivity contribution is 6.30. The third-order valence-electron chi connectivity index (χ3n) is 4.55. The number of fused-ring (bicyclic) bond motifs is 1. The molecule has 0 heterocycles. The van der Waals surface area contributed by atoms with E-state index in [2.05, 4.69) is 45.1 Å². The molecule has 0 aliphatic heterocycles. The second-order valence-electron chi connectivity index (χ2n) is 6.46. The normalized spacial score (nSPS) is 19.3. The number of nitrogens with one attached hydrogen (secondary N) is 1. The van der Waals surface area contributed by atoms with Gasteiger partial charge in [-0.25, -0.2) is 0 Å². The van der Waals surface area contributed by atoms with E-state index in [9.17, 15) is 0 Å². The lowest BCUT2D eigenvalue weighted by atomic mass is 9.81. The van der Waals surface area contributed by atoms with Gasteiger partial charge >= 0.3 is 0 Å². The number of aryl methyl sites for hydroxylation is 1. The summed E-state index contributed by atoms with van der Waals surface area (Å²) in [6.45, 7) is 10.3. The van der Waals surface area contributed by atoms with Crippen molar-refractivity contribution in [3.63, 3.8) is 0 Å². The van der Waals surface area contributed by atoms with Crippen molar-refractivity contribution in [1.29, 1.82) is 0 Å². The predicted molar refractivity (Wildman–Crippen MR) is 79.1 cm³/mol. The Morgan fingerprint density at radius 2 is 2.11 bits per heavy atom. The van der Waals surface area contributed by atoms with Gasteiger partial charge in [0.1, 0.15) is 0 Å². The van der Waals surface area contributed by atoms with Gasteiger partial charge in [-0.05, 0) is 47.4 Å². The molecule has 0 fully saturated rings. The maximum absolute atomic E-state index is 6.04. The molecule has 1 atom stereocenters. The van der Waals surface area contributed by atoms with E-state index in [0.29, 0.717) is 17.4 Å². The minimum Gasteiger partial charge on any atom is -0.309 e. The Hall–Kier alpha value is -0.530. The van der Waals surface area contributed by atoms with Crippen LogP contribution in [-0.2, 0) is 6.42 Å². The summed E-state index contributed by atoms with van der Waals surface area (Å²) in [6.07, 6.45) is 2.35. The van der Waals surface area contributed by atoms with Crippen LogP contribution in [0.2, 0.25) is 5.02 Å². The molecule has 2 heteroatoms. The summed E-state index contributed by atoms with van der Waals surface area (Å²) in [5.41, 5.74) is 3.20. The predicted octanol–water partition coefficient (Wildman–Crippen LogP) is 4.60. The molecule has 0 aromatic heterocycles. The summed E-state index contributed by atoms with van der Waals surface area (Å²) in [7, 11) is 0. The molecular weight excluding hydrogens is 242 g/mol. The number of hydrogen-bond acceptors (Lipinski definition) is 1. The molecule has 1 N–H and O–H groups in total. The van der Waals surface area contributed by atoms with E-state index in [-0.39, 0.29) is 0 Å². The Kier molecular flexibility index (Phi) is 4.03. The zero-order chi connectivity index (χ0) is 13.3. The Balaban J connectivity index is 2.02. The third-order valence-corrected chi connectivity index (χ3v) is 4.78. The molecule has 1 aromatic rings. The fourth-order valence-electron chi connectivity index (χ4n) is 2.39. The van der Waals surface area contributed by atoms with E-state index in [4.69, 9.17) is 11.6 Å². The van der Waals surface area contributed by atoms with Crippen LogP contribution in [0, 0.1) is 11.3 Å². The maximum atomic E-state index is 6.04. The first-order valence-corrected chi connectivity index (χ1v) is 7.29. The summed E-state index contributed by atoms with van der Waals surface area (Å²) in [5, 5.41) is 4.59. The lowest BCUT2D eigenvalue weighted by molar-refractivity contribution is 0.228. The van der Waals surface area contributed by atoms with Crippen molar-refractivity contribution in [3.05, 3.63) is 34.3 Å². The van der Waals surface area contributed by atoms with E-state index in [0.717, 1.165) is 18.0 Å². The molecule has 1 aliphatic carbocycles. The van der Waals surface area contributed by atoms with Gasteiger partial charge in [0.25, 0.3) is 0 Å². The number of benzene rings is 1. The van der Waals surface area contributed by atoms with Crippen molar-refractivity contribution in [2.45, 2.75) is 46.6 Å². The lowest BCUT2D eigenvalue weighted by Crippen LogP contribution is -2.35. The fourth-order valence-corrected chi connectivity index (χ4v) is 2.58. The minimum atomic E-state index is 0.342. The summed E-state index contributed by atoms with van der Waals surface area (Å²) < 4.78 is 0. The molecule has 2 rings (SSSR count). The van der Waals surface area contributed by atoms with Gasteiger partial charge in [-0.15, -0.1) is 0 Å². The highest BCUT2D eigenvalue weighted by Crippen LogP contribution is 2.34. The molecule has 0 amide bonds. The Morgan fingerprint density at radius 3 is 2.78 bits per heavy atom. The molecule has 0 saturated heterocycles. The summed E-state index contributed by atoms with van der Waals surface area (Å²) >= 11 is 6.04. The minimum absolute atomic E-state index is 0.342. The number of rotatable bonds is 4. The number of hydrogen-bond donors (Lipinski definition) is 1. The molecule has 18 heavy (non-hydrogen) atoms. The van der Waals surface area contributed by atoms with Gasteiger partial charge < -0.3 is 5.32 Å². The average molecular weight is 266 g/mol. The first kappa shape index (κ1) is 13.9. The van der Waals surface area contributed by atoms with Crippen molar-refractivity contribution >= 4 is 11.6 Å². The van der Waals surface area contributed by atoms with Gasteiger partial charge in [0.15, 0.2) is 0 Å². The van der Waals surface area contributed by atoms with Gasteiger partial charge in [0.05, 0.1) is 0 Å². The molecule has 1 aliphatic rings. The first-order valence-electron chi connectivity index (χ1n) is 6.92. The van der Waals surface area contributed by atoms with Gasteiger partial charge in [-0.2, -0.15) is 0 Å². The van der Waals surface area contributed by atoms with Crippen molar-refractivity contribution in [3.8, 4) is 0 Å². The van der Waals surface area contributed by atoms with E-state index in [1.54, 1.807) is 0 Å². The fraction of sp³-hybridized carbons (Fsp3) is 0.625. The summed E-state index contributed by atoms with van der Waals surface area (Å²) in [4.78, 5) is 0. The second-order valence-corrected chi connectivity index (χ2v) is 6.90. The highest BCUT2D eigenvalue weighted by atomic mass is 35.5. The van der Waals surface area contributed by atoms with Crippen LogP contribution in [0.4, 0.5) is 0 Å². The molecule has 0 radical (unpaired) electrons. The van der Waals surface area contributed by atoms with Gasteiger partial charge in [0, 0.05) is 17.6 Å². The Morgan fingerprint density at radius 1 is 1.39 bits per heavy atom. The monoisotopic (exact) mass is 265 g/mol. The van der Waals surface area contributed by atoms with Crippen LogP contribution in [0.5, 0.6) is 0 Å². The molecule has 0 bridgehead atoms. The van der Waals surface area contributed by atoms with Gasteiger partial charge in [-0.3, -0.25) is 0 Å². The van der Waals surface area contributed by atoms with Crippen molar-refractivity contribution < 1.29 is 0 Å². The third kappa shape index (κ3) is 2.89. The van der Waals surface area contributed by atoms with Crippen molar-refractivity contribution in [2.24, 2.45) is 11.3 Å². The first-order chi connectivity index (χ1) is 8.40. The van der Waals surface area contributed by atoms with Crippen LogP contribution in [0.3, 0.4) is 0 Å². The van der Waals surface area contributed by atoms with Crippen LogP contribution in [0.1, 0.15) is 51.3 Å². The molecule has 1 unspecified atom stereocenters. The van der Waals surface area contributed by atoms with Crippen molar-refractivity contribution in [2.75, 3.05) is 6.54 Å². The van der Waals surface area contributed by atoms with E-state index < -0.39 is 0 Å². The SMILES string of the molecule is CC(C)C(C)(C)CNC1CCc2cc(Cl)ccc21. The van der Waals surface area contributed by atoms with E-state index in [1.165, 1.54) is 17.5 Å². The second kappa shape index (κ2) is 5.22. The van der Waals surface area contributed by atoms with Crippen molar-refractivity contribution in [1.82, 2.24) is 5.32 Å². The quantitative estimate of drug-likeness (QED) is 0.839. The smallest absolute Gasteiger partial charge is 0.0408 e. The zero-order valence-corrected chi connectivity index (χ0v) is 12.6. The zero-order valence-electron chi connectivity index (χ0n) is 11.9. The van der Waals surface area contributed by atoms with Crippen LogP contribution in [-0.4, -0.2) is 6.54 Å². The topological polar surface area (TPSA) is 12.0 Å². The van der Waals surface area contributed by atoms with Gasteiger partial charge in [0.2, 0.25) is 0 Å². The molecule has 1 nitrogen and oxygen atoms in total. The summed E-state index contributed by atoms with van der Waals surface area (Å²) in [5.74, 6) is 0.691. The largest absolute Gasteiger partial charge is 0.309 e. The Bertz CT molecular complexity index is 423. The molecule has 1 aromatic carbocycles. The molecule has 0 saturated carbocycles. The lowest BCUT2D eigenvalue weighted by Gasteiger charge is -2.31. The standard InChI is InChI=1S/C16H24ClN/c1-11(2)16(3,4)10-18-15-8-5-12-9-13(17)6-7-14(12)15/h6-7,9,11,15,18H,5,8,10H2,1-4H3. The number of halogens is 1. The highest BCUT2D eigenvalue weighted by Gasteiger charge is 2.27. The molecule has 100 valence electrons. The molecular formula is C16H24ClN. The van der Waals surface area contributed by atoms with Crippen LogP contribution in [0.25, 0.3) is 0 Å². The van der Waals surface area contributed by atoms with Crippen LogP contribution >= 0.6 is 11.6 Å². The van der Waals surface area contributed by atoms with Crippen LogP contribution in [0.15, 0.2) is 18.2 Å². The average Bonchev–Trinajstić information content (AvgIpc) is 2.68.